The molecule has 6 heteroatoms. The number of rotatable bonds is 6. The van der Waals surface area contributed by atoms with Gasteiger partial charge in [0.05, 0.1) is 4.90 Å². The van der Waals surface area contributed by atoms with E-state index in [-0.39, 0.29) is 12.4 Å². The molecule has 0 amide bonds. The van der Waals surface area contributed by atoms with E-state index in [1.54, 1.807) is 0 Å². The molecule has 3 N–H and O–H groups in total. The Bertz CT molecular complexity index is 492. The van der Waals surface area contributed by atoms with Gasteiger partial charge >= 0.3 is 0 Å². The standard InChI is InChI=1S/C13H22N2O2S.ClH/c1-10-8-11(2)13(12(3)9-10)18(16,17)15-7-5-4-6-14;/h8-9,15H,4-7,14H2,1-3H3;1H. The molecule has 0 unspecified atom stereocenters. The Balaban J connectivity index is 0.00000324. The van der Waals surface area contributed by atoms with E-state index in [4.69, 9.17) is 5.73 Å². The van der Waals surface area contributed by atoms with Crippen molar-refractivity contribution in [3.63, 3.8) is 0 Å². The highest BCUT2D eigenvalue weighted by molar-refractivity contribution is 7.89. The third-order valence-corrected chi connectivity index (χ3v) is 4.56. The molecule has 0 radical (unpaired) electrons. The van der Waals surface area contributed by atoms with E-state index < -0.39 is 10.0 Å². The minimum atomic E-state index is -3.41. The van der Waals surface area contributed by atoms with Crippen molar-refractivity contribution >= 4 is 22.4 Å². The highest BCUT2D eigenvalue weighted by Gasteiger charge is 2.18. The van der Waals surface area contributed by atoms with E-state index in [9.17, 15) is 8.42 Å². The smallest absolute Gasteiger partial charge is 0.241 e. The van der Waals surface area contributed by atoms with Gasteiger partial charge in [0.2, 0.25) is 10.0 Å². The number of unbranched alkanes of at least 4 members (excludes halogenated alkanes) is 1. The largest absolute Gasteiger partial charge is 0.330 e. The summed E-state index contributed by atoms with van der Waals surface area (Å²) >= 11 is 0. The van der Waals surface area contributed by atoms with Gasteiger partial charge in [-0.25, -0.2) is 13.1 Å². The average Bonchev–Trinajstić information content (AvgIpc) is 2.22. The van der Waals surface area contributed by atoms with Crippen LogP contribution in [-0.4, -0.2) is 21.5 Å². The van der Waals surface area contributed by atoms with Crippen LogP contribution in [0.5, 0.6) is 0 Å². The maximum atomic E-state index is 12.2. The van der Waals surface area contributed by atoms with Crippen LogP contribution in [0.3, 0.4) is 0 Å². The first-order valence-electron chi connectivity index (χ1n) is 6.16. The Morgan fingerprint density at radius 2 is 1.63 bits per heavy atom. The minimum Gasteiger partial charge on any atom is -0.330 e. The van der Waals surface area contributed by atoms with Crippen LogP contribution in [0.25, 0.3) is 0 Å². The summed E-state index contributed by atoms with van der Waals surface area (Å²) in [4.78, 5) is 0.404. The lowest BCUT2D eigenvalue weighted by Gasteiger charge is -2.13. The molecule has 1 aromatic carbocycles. The number of halogens is 1. The first-order chi connectivity index (χ1) is 8.38. The van der Waals surface area contributed by atoms with Gasteiger partial charge in [-0.05, 0) is 51.3 Å². The molecule has 0 aliphatic heterocycles. The molecule has 0 atom stereocenters. The fraction of sp³-hybridized carbons (Fsp3) is 0.538. The monoisotopic (exact) mass is 306 g/mol. The molecule has 4 nitrogen and oxygen atoms in total. The third kappa shape index (κ3) is 5.10. The van der Waals surface area contributed by atoms with Crippen molar-refractivity contribution in [2.24, 2.45) is 5.73 Å². The summed E-state index contributed by atoms with van der Waals surface area (Å²) in [7, 11) is -3.41. The zero-order valence-electron chi connectivity index (χ0n) is 11.7. The number of nitrogens with two attached hydrogens (primary N) is 1. The molecule has 1 aromatic rings. The molecule has 0 saturated heterocycles. The van der Waals surface area contributed by atoms with Crippen LogP contribution in [0.1, 0.15) is 29.5 Å². The van der Waals surface area contributed by atoms with Crippen LogP contribution in [-0.2, 0) is 10.0 Å². The number of hydrogen-bond donors (Lipinski definition) is 2. The highest BCUT2D eigenvalue weighted by Crippen LogP contribution is 2.21. The Morgan fingerprint density at radius 1 is 1.11 bits per heavy atom. The van der Waals surface area contributed by atoms with Crippen molar-refractivity contribution in [2.75, 3.05) is 13.1 Å². The molecule has 0 spiro atoms. The van der Waals surface area contributed by atoms with Crippen LogP contribution in [0.15, 0.2) is 17.0 Å². The molecule has 0 heterocycles. The zero-order chi connectivity index (χ0) is 13.8. The predicted octanol–water partition coefficient (Wildman–Crippen LogP) is 2.05. The molecular formula is C13H23ClN2O2S. The van der Waals surface area contributed by atoms with Gasteiger partial charge < -0.3 is 5.73 Å². The molecule has 19 heavy (non-hydrogen) atoms. The van der Waals surface area contributed by atoms with Crippen molar-refractivity contribution in [1.82, 2.24) is 4.72 Å². The molecule has 1 rings (SSSR count). The van der Waals surface area contributed by atoms with Gasteiger partial charge in [-0.1, -0.05) is 17.7 Å². The summed E-state index contributed by atoms with van der Waals surface area (Å²) in [5.74, 6) is 0. The maximum Gasteiger partial charge on any atom is 0.241 e. The van der Waals surface area contributed by atoms with E-state index in [1.165, 1.54) is 0 Å². The van der Waals surface area contributed by atoms with Gasteiger partial charge in [-0.15, -0.1) is 12.4 Å². The molecule has 0 bridgehead atoms. The molecule has 110 valence electrons. The normalized spacial score (nSPS) is 11.2. The second-order valence-electron chi connectivity index (χ2n) is 4.62. The van der Waals surface area contributed by atoms with E-state index in [0.29, 0.717) is 18.0 Å². The Labute approximate surface area is 122 Å². The fourth-order valence-corrected chi connectivity index (χ4v) is 3.66. The first-order valence-corrected chi connectivity index (χ1v) is 7.64. The summed E-state index contributed by atoms with van der Waals surface area (Å²) < 4.78 is 27.0. The summed E-state index contributed by atoms with van der Waals surface area (Å²) in [6.45, 7) is 6.64. The highest BCUT2D eigenvalue weighted by atomic mass is 35.5. The Morgan fingerprint density at radius 3 is 2.11 bits per heavy atom. The molecule has 0 aliphatic rings. The van der Waals surface area contributed by atoms with E-state index in [2.05, 4.69) is 4.72 Å². The minimum absolute atomic E-state index is 0. The van der Waals surface area contributed by atoms with Crippen LogP contribution in [0, 0.1) is 20.8 Å². The lowest BCUT2D eigenvalue weighted by molar-refractivity contribution is 0.576. The van der Waals surface area contributed by atoms with Gasteiger partial charge in [-0.3, -0.25) is 0 Å². The molecule has 0 fully saturated rings. The maximum absolute atomic E-state index is 12.2. The summed E-state index contributed by atoms with van der Waals surface area (Å²) in [6.07, 6.45) is 1.59. The number of hydrogen-bond acceptors (Lipinski definition) is 3. The van der Waals surface area contributed by atoms with E-state index >= 15 is 0 Å². The molecular weight excluding hydrogens is 284 g/mol. The van der Waals surface area contributed by atoms with Gasteiger partial charge in [0.25, 0.3) is 0 Å². The number of benzene rings is 1. The zero-order valence-corrected chi connectivity index (χ0v) is 13.3. The van der Waals surface area contributed by atoms with Crippen LogP contribution >= 0.6 is 12.4 Å². The second-order valence-corrected chi connectivity index (χ2v) is 6.33. The second kappa shape index (κ2) is 7.85. The average molecular weight is 307 g/mol. The summed E-state index contributed by atoms with van der Waals surface area (Å²) in [5, 5.41) is 0. The molecule has 0 aromatic heterocycles. The van der Waals surface area contributed by atoms with Crippen LogP contribution in [0.2, 0.25) is 0 Å². The van der Waals surface area contributed by atoms with Crippen molar-refractivity contribution in [1.29, 1.82) is 0 Å². The van der Waals surface area contributed by atoms with Gasteiger partial charge in [0, 0.05) is 6.54 Å². The third-order valence-electron chi connectivity index (χ3n) is 2.80. The number of sulfonamides is 1. The molecule has 0 saturated carbocycles. The first kappa shape index (κ1) is 18.4. The van der Waals surface area contributed by atoms with Crippen LogP contribution < -0.4 is 10.5 Å². The van der Waals surface area contributed by atoms with E-state index in [0.717, 1.165) is 29.5 Å². The summed E-state index contributed by atoms with van der Waals surface area (Å²) in [6, 6.07) is 3.78. The predicted molar refractivity (Wildman–Crippen MR) is 81.4 cm³/mol. The van der Waals surface area contributed by atoms with Crippen molar-refractivity contribution in [3.8, 4) is 0 Å². The lowest BCUT2D eigenvalue weighted by atomic mass is 10.1. The Kier molecular flexibility index (Phi) is 7.59. The quantitative estimate of drug-likeness (QED) is 0.790. The number of aryl methyl sites for hydroxylation is 3. The van der Waals surface area contributed by atoms with Crippen molar-refractivity contribution in [3.05, 3.63) is 28.8 Å². The van der Waals surface area contributed by atoms with Crippen molar-refractivity contribution < 1.29 is 8.42 Å². The van der Waals surface area contributed by atoms with Gasteiger partial charge in [-0.2, -0.15) is 0 Å². The van der Waals surface area contributed by atoms with Gasteiger partial charge in [0.1, 0.15) is 0 Å². The topological polar surface area (TPSA) is 72.2 Å². The van der Waals surface area contributed by atoms with Crippen LogP contribution in [0.4, 0.5) is 0 Å². The number of nitrogens with one attached hydrogen (secondary N) is 1. The fourth-order valence-electron chi connectivity index (χ4n) is 2.14. The lowest BCUT2D eigenvalue weighted by Crippen LogP contribution is -2.26. The molecule has 0 aliphatic carbocycles. The SMILES string of the molecule is Cc1cc(C)c(S(=O)(=O)NCCCCN)c(C)c1.Cl. The van der Waals surface area contributed by atoms with Crippen molar-refractivity contribution in [2.45, 2.75) is 38.5 Å². The Hall–Kier alpha value is -0.620. The van der Waals surface area contributed by atoms with Gasteiger partial charge in [0.15, 0.2) is 0 Å². The van der Waals surface area contributed by atoms with E-state index in [1.807, 2.05) is 32.9 Å². The summed E-state index contributed by atoms with van der Waals surface area (Å²) in [5.41, 5.74) is 8.03.